The lowest BCUT2D eigenvalue weighted by Crippen LogP contribution is -2.79. The fourth-order valence-electron chi connectivity index (χ4n) is 0.594. The second-order valence-corrected chi connectivity index (χ2v) is 4.18. The lowest BCUT2D eigenvalue weighted by molar-refractivity contribution is -0.374. The first-order valence-corrected chi connectivity index (χ1v) is 4.70. The average Bonchev–Trinajstić information content (AvgIpc) is 2.02. The maximum atomic E-state index is 10.8. The minimum Gasteiger partial charge on any atom is -0.511 e. The van der Waals surface area contributed by atoms with E-state index in [0.717, 1.165) is 0 Å². The predicted octanol–water partition coefficient (Wildman–Crippen LogP) is -0.322. The number of nitrogens with one attached hydrogen (secondary N) is 1. The number of alkyl halides is 1. The minimum atomic E-state index is -0.401. The first-order valence-electron chi connectivity index (χ1n) is 4.16. The van der Waals surface area contributed by atoms with Crippen molar-refractivity contribution in [2.24, 2.45) is 11.1 Å². The van der Waals surface area contributed by atoms with Crippen LogP contribution in [0.25, 0.3) is 0 Å². The van der Waals surface area contributed by atoms with Gasteiger partial charge in [0.05, 0.1) is 6.08 Å². The van der Waals surface area contributed by atoms with Gasteiger partial charge in [-0.05, 0) is 0 Å². The molecule has 0 aliphatic rings. The van der Waals surface area contributed by atoms with Gasteiger partial charge in [-0.2, -0.15) is 0 Å². The van der Waals surface area contributed by atoms with Gasteiger partial charge in [0.2, 0.25) is 0 Å². The van der Waals surface area contributed by atoms with E-state index >= 15 is 0 Å². The van der Waals surface area contributed by atoms with E-state index in [1.165, 1.54) is 6.08 Å². The van der Waals surface area contributed by atoms with Gasteiger partial charge in [-0.15, -0.1) is 11.6 Å². The van der Waals surface area contributed by atoms with Crippen molar-refractivity contribution in [3.8, 4) is 0 Å². The SMILES string of the molecule is CC(C)(C)/C(O)=C/C(N)=[NH+]C(=O)CCl. The molecule has 80 valence electrons. The van der Waals surface area contributed by atoms with Gasteiger partial charge in [-0.1, -0.05) is 20.8 Å². The molecular formula is C9H16ClN2O2+. The zero-order valence-corrected chi connectivity index (χ0v) is 9.35. The smallest absolute Gasteiger partial charge is 0.322 e. The highest BCUT2D eigenvalue weighted by atomic mass is 35.5. The number of aliphatic hydroxyl groups is 1. The van der Waals surface area contributed by atoms with E-state index in [1.54, 1.807) is 0 Å². The van der Waals surface area contributed by atoms with Crippen LogP contribution in [0.3, 0.4) is 0 Å². The van der Waals surface area contributed by atoms with Gasteiger partial charge >= 0.3 is 5.91 Å². The van der Waals surface area contributed by atoms with E-state index in [1.807, 2.05) is 20.8 Å². The molecule has 0 radical (unpaired) electrons. The van der Waals surface area contributed by atoms with Crippen LogP contribution in [0.4, 0.5) is 0 Å². The minimum absolute atomic E-state index is 0.0862. The Morgan fingerprint density at radius 1 is 1.57 bits per heavy atom. The highest BCUT2D eigenvalue weighted by Gasteiger charge is 2.17. The van der Waals surface area contributed by atoms with Crippen molar-refractivity contribution in [2.75, 3.05) is 5.88 Å². The Kier molecular flexibility index (Phi) is 4.63. The monoisotopic (exact) mass is 219 g/mol. The van der Waals surface area contributed by atoms with Crippen molar-refractivity contribution >= 4 is 23.3 Å². The molecule has 0 heterocycles. The Bertz CT molecular complexity index is 277. The Labute approximate surface area is 88.5 Å². The van der Waals surface area contributed by atoms with E-state index in [-0.39, 0.29) is 17.5 Å². The molecule has 0 aromatic heterocycles. The summed E-state index contributed by atoms with van der Waals surface area (Å²) in [7, 11) is 0. The third-order valence-electron chi connectivity index (χ3n) is 1.47. The quantitative estimate of drug-likeness (QED) is 0.258. The molecule has 4 N–H and O–H groups in total. The largest absolute Gasteiger partial charge is 0.511 e. The summed E-state index contributed by atoms with van der Waals surface area (Å²) < 4.78 is 0. The molecule has 4 nitrogen and oxygen atoms in total. The van der Waals surface area contributed by atoms with E-state index in [4.69, 9.17) is 17.3 Å². The summed E-state index contributed by atoms with van der Waals surface area (Å²) in [5.74, 6) is -0.375. The number of allylic oxidation sites excluding steroid dienone is 1. The lowest BCUT2D eigenvalue weighted by atomic mass is 9.93. The summed E-state index contributed by atoms with van der Waals surface area (Å²) in [5.41, 5.74) is 5.04. The highest BCUT2D eigenvalue weighted by Crippen LogP contribution is 2.21. The van der Waals surface area contributed by atoms with Crippen LogP contribution in [0, 0.1) is 5.41 Å². The molecule has 1 amide bonds. The van der Waals surface area contributed by atoms with Gasteiger partial charge in [0.25, 0.3) is 5.84 Å². The second kappa shape index (κ2) is 5.00. The number of rotatable bonds is 2. The summed E-state index contributed by atoms with van der Waals surface area (Å²) in [5, 5.41) is 9.52. The molecule has 0 saturated heterocycles. The van der Waals surface area contributed by atoms with Crippen LogP contribution in [0.5, 0.6) is 0 Å². The highest BCUT2D eigenvalue weighted by molar-refractivity contribution is 6.26. The number of carbonyl (C=O) groups is 1. The number of hydrogen-bond donors (Lipinski definition) is 3. The van der Waals surface area contributed by atoms with Crippen LogP contribution in [0.1, 0.15) is 20.8 Å². The van der Waals surface area contributed by atoms with Gasteiger partial charge in [0, 0.05) is 5.41 Å². The molecule has 5 heteroatoms. The van der Waals surface area contributed by atoms with Crippen molar-refractivity contribution in [1.29, 1.82) is 0 Å². The Hall–Kier alpha value is -1.03. The number of amides is 1. The van der Waals surface area contributed by atoms with Crippen molar-refractivity contribution in [2.45, 2.75) is 20.8 Å². The normalized spacial score (nSPS) is 14.3. The Morgan fingerprint density at radius 2 is 2.07 bits per heavy atom. The summed E-state index contributed by atoms with van der Waals surface area (Å²) >= 11 is 5.26. The molecule has 0 aliphatic heterocycles. The third-order valence-corrected chi connectivity index (χ3v) is 1.71. The summed E-state index contributed by atoms with van der Waals surface area (Å²) in [6.07, 6.45) is 1.31. The Balaban J connectivity index is 4.67. The van der Waals surface area contributed by atoms with Crippen molar-refractivity contribution in [1.82, 2.24) is 0 Å². The number of halogens is 1. The van der Waals surface area contributed by atoms with Crippen LogP contribution in [0.15, 0.2) is 11.8 Å². The van der Waals surface area contributed by atoms with E-state index < -0.39 is 11.3 Å². The molecule has 0 aromatic carbocycles. The van der Waals surface area contributed by atoms with E-state index in [2.05, 4.69) is 4.99 Å². The summed E-state index contributed by atoms with van der Waals surface area (Å²) in [4.78, 5) is 13.1. The fraction of sp³-hybridized carbons (Fsp3) is 0.556. The fourth-order valence-corrected chi connectivity index (χ4v) is 0.661. The first-order chi connectivity index (χ1) is 6.27. The van der Waals surface area contributed by atoms with Gasteiger partial charge in [0.15, 0.2) is 0 Å². The number of carbonyl (C=O) groups excluding carboxylic acids is 1. The zero-order valence-electron chi connectivity index (χ0n) is 8.60. The molecule has 0 aromatic rings. The maximum Gasteiger partial charge on any atom is 0.322 e. The molecule has 0 spiro atoms. The first kappa shape index (κ1) is 13.0. The van der Waals surface area contributed by atoms with Gasteiger partial charge < -0.3 is 5.11 Å². The molecule has 0 rings (SSSR count). The van der Waals surface area contributed by atoms with Gasteiger partial charge in [-0.25, -0.2) is 9.79 Å². The summed E-state index contributed by atoms with van der Waals surface area (Å²) in [6.45, 7) is 5.49. The third kappa shape index (κ3) is 4.87. The molecule has 0 aliphatic carbocycles. The molecule has 14 heavy (non-hydrogen) atoms. The molecule has 0 saturated carbocycles. The number of aliphatic hydroxyl groups excluding tert-OH is 1. The van der Waals surface area contributed by atoms with E-state index in [0.29, 0.717) is 0 Å². The van der Waals surface area contributed by atoms with Crippen LogP contribution < -0.4 is 10.7 Å². The number of amidine groups is 1. The topological polar surface area (TPSA) is 77.3 Å². The molecule has 0 unspecified atom stereocenters. The Morgan fingerprint density at radius 3 is 2.43 bits per heavy atom. The standard InChI is InChI=1S/C9H15ClN2O2/c1-9(2,3)6(13)4-7(11)12-8(14)5-10/h4,13H,5H2,1-3H3,(H2,11,12,14)/p+1/b6-4-. The van der Waals surface area contributed by atoms with E-state index in [9.17, 15) is 9.90 Å². The predicted molar refractivity (Wildman–Crippen MR) is 56.1 cm³/mol. The van der Waals surface area contributed by atoms with Crippen LogP contribution in [-0.4, -0.2) is 22.7 Å². The molecule has 0 fully saturated rings. The lowest BCUT2D eigenvalue weighted by Gasteiger charge is -2.16. The van der Waals surface area contributed by atoms with Crippen LogP contribution in [-0.2, 0) is 4.79 Å². The van der Waals surface area contributed by atoms with Crippen LogP contribution in [0.2, 0.25) is 0 Å². The van der Waals surface area contributed by atoms with Crippen molar-refractivity contribution in [3.05, 3.63) is 11.8 Å². The van der Waals surface area contributed by atoms with Crippen molar-refractivity contribution in [3.63, 3.8) is 0 Å². The zero-order chi connectivity index (χ0) is 11.4. The number of hydrogen-bond acceptors (Lipinski definition) is 2. The average molecular weight is 220 g/mol. The second-order valence-electron chi connectivity index (χ2n) is 3.92. The van der Waals surface area contributed by atoms with Crippen molar-refractivity contribution < 1.29 is 14.9 Å². The van der Waals surface area contributed by atoms with Crippen LogP contribution >= 0.6 is 11.6 Å². The maximum absolute atomic E-state index is 10.8. The van der Waals surface area contributed by atoms with Gasteiger partial charge in [0.1, 0.15) is 11.6 Å². The van der Waals surface area contributed by atoms with Gasteiger partial charge in [-0.3, -0.25) is 5.73 Å². The number of nitrogens with two attached hydrogens (primary N) is 1. The molecular weight excluding hydrogens is 204 g/mol. The summed E-state index contributed by atoms with van der Waals surface area (Å²) in [6, 6.07) is 0. The molecule has 0 bridgehead atoms. The molecule has 0 atom stereocenters.